The molecule has 1 saturated heterocycles. The number of ether oxygens (including phenoxy) is 1. The van der Waals surface area contributed by atoms with Crippen molar-refractivity contribution in [2.75, 3.05) is 37.0 Å². The molecule has 1 aliphatic rings. The predicted octanol–water partition coefficient (Wildman–Crippen LogP) is 3.37. The minimum Gasteiger partial charge on any atom is -0.497 e. The summed E-state index contributed by atoms with van der Waals surface area (Å²) in [5, 5.41) is 5.25. The molecule has 0 saturated carbocycles. The fourth-order valence-corrected chi connectivity index (χ4v) is 3.47. The number of carbonyl (C=O) groups is 2. The van der Waals surface area contributed by atoms with E-state index in [1.54, 1.807) is 31.4 Å². The smallest absolute Gasteiger partial charge is 0.313 e. The highest BCUT2D eigenvalue weighted by Gasteiger charge is 2.13. The van der Waals surface area contributed by atoms with Crippen LogP contribution in [0.1, 0.15) is 31.2 Å². The second kappa shape index (κ2) is 10.5. The van der Waals surface area contributed by atoms with E-state index in [-0.39, 0.29) is 0 Å². The lowest BCUT2D eigenvalue weighted by atomic mass is 10.1. The molecule has 0 unspecified atom stereocenters. The molecule has 0 atom stereocenters. The molecule has 0 bridgehead atoms. The number of methoxy groups -OCH3 is 1. The second-order valence-corrected chi connectivity index (χ2v) is 7.26. The summed E-state index contributed by atoms with van der Waals surface area (Å²) in [6.45, 7) is 2.66. The molecule has 3 rings (SSSR count). The Morgan fingerprint density at radius 2 is 1.55 bits per heavy atom. The third-order valence-electron chi connectivity index (χ3n) is 5.16. The van der Waals surface area contributed by atoms with Gasteiger partial charge in [-0.05, 0) is 61.2 Å². The Kier molecular flexibility index (Phi) is 7.50. The maximum Gasteiger partial charge on any atom is 0.313 e. The zero-order valence-corrected chi connectivity index (χ0v) is 16.9. The zero-order valence-electron chi connectivity index (χ0n) is 16.9. The topological polar surface area (TPSA) is 70.7 Å². The molecule has 6 nitrogen and oxygen atoms in total. The molecule has 6 heteroatoms. The van der Waals surface area contributed by atoms with Crippen molar-refractivity contribution < 1.29 is 14.3 Å². The van der Waals surface area contributed by atoms with Gasteiger partial charge in [0, 0.05) is 31.0 Å². The number of nitrogens with zero attached hydrogens (tertiary/aromatic N) is 1. The number of nitrogens with one attached hydrogen (secondary N) is 2. The van der Waals surface area contributed by atoms with Crippen LogP contribution in [-0.4, -0.2) is 38.6 Å². The number of rotatable bonds is 6. The Labute approximate surface area is 172 Å². The second-order valence-electron chi connectivity index (χ2n) is 7.26. The summed E-state index contributed by atoms with van der Waals surface area (Å²) in [5.74, 6) is -0.622. The molecule has 2 aromatic rings. The van der Waals surface area contributed by atoms with Crippen LogP contribution in [0.2, 0.25) is 0 Å². The molecule has 1 heterocycles. The van der Waals surface area contributed by atoms with Crippen molar-refractivity contribution in [1.29, 1.82) is 0 Å². The van der Waals surface area contributed by atoms with Crippen LogP contribution in [0.15, 0.2) is 48.5 Å². The normalized spacial score (nSPS) is 14.0. The highest BCUT2D eigenvalue weighted by Crippen LogP contribution is 2.20. The Morgan fingerprint density at radius 1 is 0.897 bits per heavy atom. The molecule has 154 valence electrons. The first-order valence-corrected chi connectivity index (χ1v) is 10.2. The average Bonchev–Trinajstić information content (AvgIpc) is 3.04. The minimum absolute atomic E-state index is 0.415. The van der Waals surface area contributed by atoms with Crippen molar-refractivity contribution in [3.8, 4) is 5.75 Å². The number of carbonyl (C=O) groups excluding carboxylic acids is 2. The molecule has 2 aromatic carbocycles. The number of amides is 2. The van der Waals surface area contributed by atoms with Gasteiger partial charge in [0.15, 0.2) is 0 Å². The lowest BCUT2D eigenvalue weighted by Gasteiger charge is -2.22. The van der Waals surface area contributed by atoms with Crippen molar-refractivity contribution in [2.45, 2.75) is 32.1 Å². The molecule has 1 aliphatic heterocycles. The fourth-order valence-electron chi connectivity index (χ4n) is 3.47. The first-order chi connectivity index (χ1) is 14.2. The van der Waals surface area contributed by atoms with E-state index in [4.69, 9.17) is 4.74 Å². The van der Waals surface area contributed by atoms with Crippen molar-refractivity contribution in [3.05, 3.63) is 54.1 Å². The summed E-state index contributed by atoms with van der Waals surface area (Å²) in [6, 6.07) is 15.3. The molecule has 2 N–H and O–H groups in total. The largest absolute Gasteiger partial charge is 0.497 e. The zero-order chi connectivity index (χ0) is 20.5. The maximum atomic E-state index is 12.0. The summed E-state index contributed by atoms with van der Waals surface area (Å²) in [7, 11) is 1.57. The van der Waals surface area contributed by atoms with Crippen LogP contribution >= 0.6 is 0 Å². The van der Waals surface area contributed by atoms with Gasteiger partial charge in [-0.15, -0.1) is 0 Å². The minimum atomic E-state index is -0.674. The van der Waals surface area contributed by atoms with Crippen LogP contribution in [0.3, 0.4) is 0 Å². The van der Waals surface area contributed by atoms with Crippen molar-refractivity contribution in [3.63, 3.8) is 0 Å². The van der Waals surface area contributed by atoms with Gasteiger partial charge >= 0.3 is 11.8 Å². The first-order valence-electron chi connectivity index (χ1n) is 10.2. The van der Waals surface area contributed by atoms with Gasteiger partial charge in [0.1, 0.15) is 5.75 Å². The van der Waals surface area contributed by atoms with Crippen LogP contribution < -0.4 is 20.3 Å². The van der Waals surface area contributed by atoms with Crippen LogP contribution in [-0.2, 0) is 16.0 Å². The molecule has 0 aromatic heterocycles. The molecule has 0 aliphatic carbocycles. The maximum absolute atomic E-state index is 12.0. The quantitative estimate of drug-likeness (QED) is 0.736. The molecule has 1 fully saturated rings. The average molecular weight is 396 g/mol. The Bertz CT molecular complexity index is 795. The van der Waals surface area contributed by atoms with Gasteiger partial charge in [0.2, 0.25) is 0 Å². The summed E-state index contributed by atoms with van der Waals surface area (Å²) < 4.78 is 5.07. The van der Waals surface area contributed by atoms with E-state index in [1.807, 2.05) is 0 Å². The Balaban J connectivity index is 1.42. The molecule has 0 radical (unpaired) electrons. The van der Waals surface area contributed by atoms with Crippen molar-refractivity contribution >= 4 is 23.2 Å². The van der Waals surface area contributed by atoms with E-state index < -0.39 is 11.8 Å². The van der Waals surface area contributed by atoms with Gasteiger partial charge in [0.25, 0.3) is 0 Å². The number of benzene rings is 2. The van der Waals surface area contributed by atoms with Gasteiger partial charge in [-0.3, -0.25) is 9.59 Å². The van der Waals surface area contributed by atoms with E-state index in [2.05, 4.69) is 39.8 Å². The van der Waals surface area contributed by atoms with Crippen LogP contribution in [0.25, 0.3) is 0 Å². The predicted molar refractivity (Wildman–Crippen MR) is 115 cm³/mol. The molecule has 29 heavy (non-hydrogen) atoms. The van der Waals surface area contributed by atoms with E-state index in [0.29, 0.717) is 24.4 Å². The van der Waals surface area contributed by atoms with Crippen molar-refractivity contribution in [2.24, 2.45) is 0 Å². The SMILES string of the molecule is COc1ccc(NC(=O)C(=O)NCCc2ccc(N3CCCCCC3)cc2)cc1. The van der Waals surface area contributed by atoms with Gasteiger partial charge in [-0.25, -0.2) is 0 Å². The van der Waals surface area contributed by atoms with Gasteiger partial charge < -0.3 is 20.3 Å². The number of hydrogen-bond donors (Lipinski definition) is 2. The number of anilines is 2. The monoisotopic (exact) mass is 395 g/mol. The lowest BCUT2D eigenvalue weighted by Crippen LogP contribution is -2.36. The summed E-state index contributed by atoms with van der Waals surface area (Å²) in [5.41, 5.74) is 2.95. The van der Waals surface area contributed by atoms with Crippen LogP contribution in [0.5, 0.6) is 5.75 Å². The third-order valence-corrected chi connectivity index (χ3v) is 5.16. The molecular formula is C23H29N3O3. The molecular weight excluding hydrogens is 366 g/mol. The van der Waals surface area contributed by atoms with Crippen molar-refractivity contribution in [1.82, 2.24) is 5.32 Å². The molecule has 2 amide bonds. The third kappa shape index (κ3) is 6.24. The van der Waals surface area contributed by atoms with E-state index in [1.165, 1.54) is 31.4 Å². The van der Waals surface area contributed by atoms with Crippen LogP contribution in [0.4, 0.5) is 11.4 Å². The van der Waals surface area contributed by atoms with E-state index in [0.717, 1.165) is 18.7 Å². The highest BCUT2D eigenvalue weighted by molar-refractivity contribution is 6.39. The number of hydrogen-bond acceptors (Lipinski definition) is 4. The van der Waals surface area contributed by atoms with Gasteiger partial charge in [-0.1, -0.05) is 25.0 Å². The van der Waals surface area contributed by atoms with Gasteiger partial charge in [0.05, 0.1) is 7.11 Å². The van der Waals surface area contributed by atoms with Crippen LogP contribution in [0, 0.1) is 0 Å². The highest BCUT2D eigenvalue weighted by atomic mass is 16.5. The lowest BCUT2D eigenvalue weighted by molar-refractivity contribution is -0.136. The summed E-state index contributed by atoms with van der Waals surface area (Å²) >= 11 is 0. The summed E-state index contributed by atoms with van der Waals surface area (Å²) in [4.78, 5) is 26.4. The Morgan fingerprint density at radius 3 is 2.17 bits per heavy atom. The first kappa shape index (κ1) is 20.7. The summed E-state index contributed by atoms with van der Waals surface area (Å²) in [6.07, 6.45) is 5.83. The molecule has 0 spiro atoms. The van der Waals surface area contributed by atoms with E-state index in [9.17, 15) is 9.59 Å². The fraction of sp³-hybridized carbons (Fsp3) is 0.391. The standard InChI is InChI=1S/C23H29N3O3/c1-29-21-12-8-19(9-13-21)25-23(28)22(27)24-15-14-18-6-10-20(11-7-18)26-16-4-2-3-5-17-26/h6-13H,2-5,14-17H2,1H3,(H,24,27)(H,25,28). The Hall–Kier alpha value is -3.02. The van der Waals surface area contributed by atoms with E-state index >= 15 is 0 Å². The van der Waals surface area contributed by atoms with Gasteiger partial charge in [-0.2, -0.15) is 0 Å².